The molecule has 5 nitrogen and oxygen atoms in total. The SMILES string of the molecule is C=CCC[C@@H](c1ccc(OC(C)=O)c(OC)c1)N1CCNCC1.Cl.Cl. The fourth-order valence-electron chi connectivity index (χ4n) is 2.96. The zero-order chi connectivity index (χ0) is 16.7. The molecule has 0 amide bonds. The minimum atomic E-state index is -0.346. The van der Waals surface area contributed by atoms with Gasteiger partial charge in [-0.2, -0.15) is 0 Å². The summed E-state index contributed by atoms with van der Waals surface area (Å²) >= 11 is 0. The number of benzene rings is 1. The van der Waals surface area contributed by atoms with Crippen molar-refractivity contribution in [1.82, 2.24) is 10.2 Å². The maximum atomic E-state index is 11.2. The maximum Gasteiger partial charge on any atom is 0.308 e. The number of nitrogens with zero attached hydrogens (tertiary/aromatic N) is 1. The molecule has 0 radical (unpaired) electrons. The van der Waals surface area contributed by atoms with Crippen molar-refractivity contribution in [3.63, 3.8) is 0 Å². The number of piperazine rings is 1. The molecule has 0 spiro atoms. The largest absolute Gasteiger partial charge is 0.493 e. The second-order valence-corrected chi connectivity index (χ2v) is 5.67. The van der Waals surface area contributed by atoms with Crippen LogP contribution in [0.2, 0.25) is 0 Å². The lowest BCUT2D eigenvalue weighted by atomic mass is 9.99. The Labute approximate surface area is 162 Å². The Morgan fingerprint density at radius 1 is 1.32 bits per heavy atom. The van der Waals surface area contributed by atoms with Crippen molar-refractivity contribution in [2.45, 2.75) is 25.8 Å². The molecule has 0 saturated carbocycles. The van der Waals surface area contributed by atoms with Gasteiger partial charge in [-0.05, 0) is 30.5 Å². The van der Waals surface area contributed by atoms with Gasteiger partial charge in [-0.3, -0.25) is 9.69 Å². The summed E-state index contributed by atoms with van der Waals surface area (Å²) in [6.45, 7) is 9.29. The van der Waals surface area contributed by atoms with Crippen molar-refractivity contribution >= 4 is 30.8 Å². The van der Waals surface area contributed by atoms with Crippen molar-refractivity contribution < 1.29 is 14.3 Å². The average molecular weight is 391 g/mol. The molecule has 0 aliphatic carbocycles. The number of carbonyl (C=O) groups is 1. The number of esters is 1. The standard InChI is InChI=1S/C18H26N2O3.2ClH/c1-4-5-6-16(20-11-9-19-10-12-20)15-7-8-17(23-14(2)21)18(13-15)22-3;;/h4,7-8,13,16,19H,1,5-6,9-12H2,2-3H3;2*1H/t16-;;/m0../s1. The van der Waals surface area contributed by atoms with Crippen LogP contribution in [0, 0.1) is 0 Å². The summed E-state index contributed by atoms with van der Waals surface area (Å²) in [7, 11) is 1.59. The van der Waals surface area contributed by atoms with Crippen molar-refractivity contribution in [3.8, 4) is 11.5 Å². The first-order valence-corrected chi connectivity index (χ1v) is 8.07. The van der Waals surface area contributed by atoms with E-state index in [4.69, 9.17) is 9.47 Å². The minimum absolute atomic E-state index is 0. The molecule has 1 aliphatic heterocycles. The predicted octanol–water partition coefficient (Wildman–Crippen LogP) is 3.38. The smallest absolute Gasteiger partial charge is 0.308 e. The van der Waals surface area contributed by atoms with Gasteiger partial charge in [-0.1, -0.05) is 12.1 Å². The molecule has 2 rings (SSSR count). The summed E-state index contributed by atoms with van der Waals surface area (Å²) in [5.74, 6) is 0.712. The number of rotatable bonds is 7. The Morgan fingerprint density at radius 3 is 2.56 bits per heavy atom. The lowest BCUT2D eigenvalue weighted by molar-refractivity contribution is -0.132. The van der Waals surface area contributed by atoms with Gasteiger partial charge in [-0.15, -0.1) is 31.4 Å². The quantitative estimate of drug-likeness (QED) is 0.439. The molecule has 1 atom stereocenters. The second kappa shape index (κ2) is 12.1. The van der Waals surface area contributed by atoms with Crippen LogP contribution in [0.4, 0.5) is 0 Å². The highest BCUT2D eigenvalue weighted by atomic mass is 35.5. The number of carbonyl (C=O) groups excluding carboxylic acids is 1. The van der Waals surface area contributed by atoms with Crippen LogP contribution in [0.25, 0.3) is 0 Å². The van der Waals surface area contributed by atoms with Gasteiger partial charge in [0.15, 0.2) is 11.5 Å². The van der Waals surface area contributed by atoms with Crippen LogP contribution in [0.5, 0.6) is 11.5 Å². The van der Waals surface area contributed by atoms with Gasteiger partial charge in [0, 0.05) is 39.1 Å². The molecule has 1 aromatic carbocycles. The second-order valence-electron chi connectivity index (χ2n) is 5.67. The van der Waals surface area contributed by atoms with E-state index >= 15 is 0 Å². The van der Waals surface area contributed by atoms with E-state index in [1.807, 2.05) is 24.3 Å². The topological polar surface area (TPSA) is 50.8 Å². The zero-order valence-corrected chi connectivity index (χ0v) is 16.5. The van der Waals surface area contributed by atoms with Crippen molar-refractivity contribution in [2.24, 2.45) is 0 Å². The highest BCUT2D eigenvalue weighted by molar-refractivity contribution is 5.85. The van der Waals surface area contributed by atoms with Gasteiger partial charge in [0.25, 0.3) is 0 Å². The van der Waals surface area contributed by atoms with Crippen LogP contribution in [0.1, 0.15) is 31.4 Å². The molecule has 0 bridgehead atoms. The number of nitrogens with one attached hydrogen (secondary N) is 1. The van der Waals surface area contributed by atoms with E-state index in [1.165, 1.54) is 12.5 Å². The third-order valence-corrected chi connectivity index (χ3v) is 4.06. The fourth-order valence-corrected chi connectivity index (χ4v) is 2.96. The van der Waals surface area contributed by atoms with E-state index in [2.05, 4.69) is 16.8 Å². The fraction of sp³-hybridized carbons (Fsp3) is 0.500. The predicted molar refractivity (Wildman–Crippen MR) is 105 cm³/mol. The highest BCUT2D eigenvalue weighted by Gasteiger charge is 2.23. The molecule has 7 heteroatoms. The lowest BCUT2D eigenvalue weighted by Crippen LogP contribution is -2.45. The van der Waals surface area contributed by atoms with E-state index in [0.717, 1.165) is 39.0 Å². The summed E-state index contributed by atoms with van der Waals surface area (Å²) in [4.78, 5) is 13.7. The molecule has 1 aromatic rings. The lowest BCUT2D eigenvalue weighted by Gasteiger charge is -2.35. The number of ether oxygens (including phenoxy) is 2. The van der Waals surface area contributed by atoms with Crippen LogP contribution < -0.4 is 14.8 Å². The van der Waals surface area contributed by atoms with E-state index in [-0.39, 0.29) is 30.8 Å². The third kappa shape index (κ3) is 6.86. The molecular weight excluding hydrogens is 363 g/mol. The van der Waals surface area contributed by atoms with E-state index in [1.54, 1.807) is 7.11 Å². The molecule has 1 heterocycles. The van der Waals surface area contributed by atoms with Crippen molar-refractivity contribution in [2.75, 3.05) is 33.3 Å². The number of allylic oxidation sites excluding steroid dienone is 1. The molecule has 1 saturated heterocycles. The van der Waals surface area contributed by atoms with Gasteiger partial charge in [0.2, 0.25) is 0 Å². The Balaban J connectivity index is 0.00000288. The van der Waals surface area contributed by atoms with Crippen molar-refractivity contribution in [1.29, 1.82) is 0 Å². The molecule has 142 valence electrons. The first kappa shape index (κ1) is 23.7. The number of halogens is 2. The van der Waals surface area contributed by atoms with Crippen molar-refractivity contribution in [3.05, 3.63) is 36.4 Å². The average Bonchev–Trinajstić information content (AvgIpc) is 2.56. The highest BCUT2D eigenvalue weighted by Crippen LogP contribution is 2.34. The first-order valence-electron chi connectivity index (χ1n) is 8.07. The van der Waals surface area contributed by atoms with Crippen LogP contribution in [0.3, 0.4) is 0 Å². The molecule has 1 fully saturated rings. The minimum Gasteiger partial charge on any atom is -0.493 e. The van der Waals surface area contributed by atoms with Crippen LogP contribution in [-0.2, 0) is 4.79 Å². The van der Waals surface area contributed by atoms with Gasteiger partial charge in [0.1, 0.15) is 0 Å². The van der Waals surface area contributed by atoms with E-state index < -0.39 is 0 Å². The summed E-state index contributed by atoms with van der Waals surface area (Å²) in [5.41, 5.74) is 1.18. The molecular formula is C18H28Cl2N2O3. The Morgan fingerprint density at radius 2 is 2.00 bits per heavy atom. The molecule has 0 unspecified atom stereocenters. The van der Waals surface area contributed by atoms with Crippen LogP contribution in [-0.4, -0.2) is 44.2 Å². The zero-order valence-electron chi connectivity index (χ0n) is 14.8. The summed E-state index contributed by atoms with van der Waals surface area (Å²) in [5, 5.41) is 3.39. The molecule has 1 aliphatic rings. The Bertz CT molecular complexity index is 549. The number of methoxy groups -OCH3 is 1. The van der Waals surface area contributed by atoms with Crippen LogP contribution in [0.15, 0.2) is 30.9 Å². The van der Waals surface area contributed by atoms with Gasteiger partial charge in [0.05, 0.1) is 7.11 Å². The van der Waals surface area contributed by atoms with Crippen LogP contribution >= 0.6 is 24.8 Å². The summed E-state index contributed by atoms with van der Waals surface area (Å²) in [6, 6.07) is 6.14. The number of hydrogen-bond acceptors (Lipinski definition) is 5. The first-order chi connectivity index (χ1) is 11.2. The summed E-state index contributed by atoms with van der Waals surface area (Å²) < 4.78 is 10.6. The third-order valence-electron chi connectivity index (χ3n) is 4.06. The monoisotopic (exact) mass is 390 g/mol. The summed E-state index contributed by atoms with van der Waals surface area (Å²) in [6.07, 6.45) is 3.93. The van der Waals surface area contributed by atoms with Gasteiger partial charge in [-0.25, -0.2) is 0 Å². The Kier molecular flexibility index (Phi) is 11.5. The maximum absolute atomic E-state index is 11.2. The molecule has 1 N–H and O–H groups in total. The van der Waals surface area contributed by atoms with E-state index in [9.17, 15) is 4.79 Å². The van der Waals surface area contributed by atoms with Gasteiger partial charge < -0.3 is 14.8 Å². The molecule has 0 aromatic heterocycles. The van der Waals surface area contributed by atoms with Gasteiger partial charge >= 0.3 is 5.97 Å². The Hall–Kier alpha value is -1.27. The molecule has 25 heavy (non-hydrogen) atoms. The number of hydrogen-bond donors (Lipinski definition) is 1. The normalized spacial score (nSPS) is 15.3. The van der Waals surface area contributed by atoms with E-state index in [0.29, 0.717) is 17.5 Å².